The normalized spacial score (nSPS) is 12.7. The van der Waals surface area contributed by atoms with Crippen molar-refractivity contribution in [2.24, 2.45) is 4.99 Å². The zero-order valence-electron chi connectivity index (χ0n) is 14.1. The minimum Gasteiger partial charge on any atom is -0.486 e. The molecule has 0 aliphatic rings. The van der Waals surface area contributed by atoms with E-state index in [1.165, 1.54) is 6.07 Å². The summed E-state index contributed by atoms with van der Waals surface area (Å²) < 4.78 is 24.7. The van der Waals surface area contributed by atoms with E-state index in [0.717, 1.165) is 18.6 Å². The van der Waals surface area contributed by atoms with E-state index in [9.17, 15) is 4.39 Å². The van der Waals surface area contributed by atoms with Gasteiger partial charge in [-0.05, 0) is 30.7 Å². The fraction of sp³-hybridized carbons (Fsp3) is 0.389. The molecule has 2 aromatic rings. The molecule has 2 rings (SSSR count). The largest absolute Gasteiger partial charge is 0.486 e. The number of benzene rings is 1. The van der Waals surface area contributed by atoms with Crippen LogP contribution in [0, 0.1) is 5.82 Å². The lowest BCUT2D eigenvalue weighted by Gasteiger charge is -2.20. The smallest absolute Gasteiger partial charge is 0.191 e. The van der Waals surface area contributed by atoms with Crippen LogP contribution in [0.2, 0.25) is 0 Å². The number of halogens is 1. The molecule has 130 valence electrons. The molecular weight excluding hydrogens is 309 g/mol. The lowest BCUT2D eigenvalue weighted by Crippen LogP contribution is -2.43. The van der Waals surface area contributed by atoms with Crippen LogP contribution < -0.4 is 15.4 Å². The van der Waals surface area contributed by atoms with E-state index in [1.807, 2.05) is 19.1 Å². The first kappa shape index (κ1) is 17.8. The number of hydrogen-bond donors (Lipinski definition) is 2. The van der Waals surface area contributed by atoms with Crippen molar-refractivity contribution in [1.82, 2.24) is 10.6 Å². The van der Waals surface area contributed by atoms with Crippen LogP contribution in [0.4, 0.5) is 4.39 Å². The van der Waals surface area contributed by atoms with Gasteiger partial charge < -0.3 is 19.8 Å². The first-order valence-electron chi connectivity index (χ1n) is 8.11. The topological polar surface area (TPSA) is 58.8 Å². The zero-order valence-corrected chi connectivity index (χ0v) is 14.1. The second-order valence-corrected chi connectivity index (χ2v) is 5.29. The van der Waals surface area contributed by atoms with Crippen molar-refractivity contribution in [1.29, 1.82) is 0 Å². The first-order valence-corrected chi connectivity index (χ1v) is 8.11. The Hall–Kier alpha value is -2.50. The van der Waals surface area contributed by atoms with Gasteiger partial charge in [0.2, 0.25) is 0 Å². The monoisotopic (exact) mass is 333 g/mol. The van der Waals surface area contributed by atoms with Crippen molar-refractivity contribution in [3.8, 4) is 5.75 Å². The molecule has 1 heterocycles. The average Bonchev–Trinajstić information content (AvgIpc) is 3.11. The molecular formula is C18H24FN3O2. The van der Waals surface area contributed by atoms with Crippen LogP contribution in [0.3, 0.4) is 0 Å². The predicted molar refractivity (Wildman–Crippen MR) is 92.9 cm³/mol. The second-order valence-electron chi connectivity index (χ2n) is 5.29. The maximum absolute atomic E-state index is 13.7. The number of ether oxygens (including phenoxy) is 1. The molecule has 2 N–H and O–H groups in total. The summed E-state index contributed by atoms with van der Waals surface area (Å²) in [5.41, 5.74) is 0. The van der Waals surface area contributed by atoms with Gasteiger partial charge in [0, 0.05) is 20.0 Å². The highest BCUT2D eigenvalue weighted by atomic mass is 19.1. The summed E-state index contributed by atoms with van der Waals surface area (Å²) >= 11 is 0. The van der Waals surface area contributed by atoms with E-state index in [-0.39, 0.29) is 17.7 Å². The molecule has 1 unspecified atom stereocenters. The molecule has 0 amide bonds. The molecule has 1 aromatic heterocycles. The number of aliphatic imine (C=N–C) groups is 1. The Labute approximate surface area is 141 Å². The van der Waals surface area contributed by atoms with E-state index < -0.39 is 0 Å². The fourth-order valence-corrected chi connectivity index (χ4v) is 2.18. The Morgan fingerprint density at radius 3 is 2.75 bits per heavy atom. The van der Waals surface area contributed by atoms with E-state index in [0.29, 0.717) is 19.0 Å². The third-order valence-corrected chi connectivity index (χ3v) is 3.55. The molecule has 1 aromatic carbocycles. The van der Waals surface area contributed by atoms with E-state index in [1.54, 1.807) is 31.5 Å². The summed E-state index contributed by atoms with van der Waals surface area (Å²) in [6, 6.07) is 10.2. The van der Waals surface area contributed by atoms with Crippen LogP contribution in [0.15, 0.2) is 52.1 Å². The number of rotatable bonds is 8. The first-order chi connectivity index (χ1) is 11.7. The van der Waals surface area contributed by atoms with Crippen LogP contribution in [0.25, 0.3) is 0 Å². The molecule has 0 fully saturated rings. The molecule has 6 heteroatoms. The number of nitrogens with one attached hydrogen (secondary N) is 2. The van der Waals surface area contributed by atoms with Gasteiger partial charge in [0.15, 0.2) is 17.5 Å². The Bertz CT molecular complexity index is 629. The van der Waals surface area contributed by atoms with Gasteiger partial charge in [-0.2, -0.15) is 0 Å². The van der Waals surface area contributed by atoms with E-state index >= 15 is 0 Å². The molecule has 0 aliphatic carbocycles. The minimum absolute atomic E-state index is 0.148. The number of furan rings is 1. The summed E-state index contributed by atoms with van der Waals surface area (Å²) in [7, 11) is 1.71. The molecule has 0 radical (unpaired) electrons. The maximum atomic E-state index is 13.7. The number of hydrogen-bond acceptors (Lipinski definition) is 3. The molecule has 0 spiro atoms. The Morgan fingerprint density at radius 1 is 1.25 bits per heavy atom. The van der Waals surface area contributed by atoms with Crippen molar-refractivity contribution >= 4 is 5.96 Å². The molecule has 5 nitrogen and oxygen atoms in total. The Morgan fingerprint density at radius 2 is 2.08 bits per heavy atom. The van der Waals surface area contributed by atoms with Gasteiger partial charge >= 0.3 is 0 Å². The summed E-state index contributed by atoms with van der Waals surface area (Å²) in [6.07, 6.45) is 3.04. The molecule has 0 saturated carbocycles. The summed E-state index contributed by atoms with van der Waals surface area (Å²) in [4.78, 5) is 4.17. The number of guanidine groups is 1. The highest BCUT2D eigenvalue weighted by molar-refractivity contribution is 5.79. The third-order valence-electron chi connectivity index (χ3n) is 3.55. The van der Waals surface area contributed by atoms with Crippen LogP contribution in [0.1, 0.15) is 19.1 Å². The molecule has 0 bridgehead atoms. The summed E-state index contributed by atoms with van der Waals surface area (Å²) in [6.45, 7) is 3.24. The van der Waals surface area contributed by atoms with Crippen LogP contribution in [-0.4, -0.2) is 32.2 Å². The van der Waals surface area contributed by atoms with Crippen LogP contribution in [0.5, 0.6) is 5.75 Å². The number of nitrogens with zero attached hydrogens (tertiary/aromatic N) is 1. The van der Waals surface area contributed by atoms with E-state index in [4.69, 9.17) is 9.15 Å². The van der Waals surface area contributed by atoms with Gasteiger partial charge in [0.25, 0.3) is 0 Å². The molecule has 24 heavy (non-hydrogen) atoms. The second kappa shape index (κ2) is 9.60. The highest BCUT2D eigenvalue weighted by Gasteiger charge is 2.11. The van der Waals surface area contributed by atoms with Gasteiger partial charge in [-0.25, -0.2) is 4.39 Å². The molecule has 0 saturated heterocycles. The zero-order chi connectivity index (χ0) is 17.2. The molecule has 1 atom stereocenters. The SMILES string of the molecule is CCC(CNC(=NC)NCCc1ccco1)Oc1ccccc1F. The number of para-hydroxylation sites is 1. The van der Waals surface area contributed by atoms with Crippen molar-refractivity contribution in [2.75, 3.05) is 20.1 Å². The van der Waals surface area contributed by atoms with Crippen molar-refractivity contribution in [3.05, 3.63) is 54.2 Å². The lowest BCUT2D eigenvalue weighted by molar-refractivity contribution is 0.191. The van der Waals surface area contributed by atoms with Gasteiger partial charge in [-0.15, -0.1) is 0 Å². The predicted octanol–water partition coefficient (Wildman–Crippen LogP) is 2.98. The minimum atomic E-state index is -0.350. The van der Waals surface area contributed by atoms with Crippen molar-refractivity contribution < 1.29 is 13.5 Å². The van der Waals surface area contributed by atoms with Crippen molar-refractivity contribution in [3.63, 3.8) is 0 Å². The van der Waals surface area contributed by atoms with Crippen LogP contribution >= 0.6 is 0 Å². The van der Waals surface area contributed by atoms with Crippen LogP contribution in [-0.2, 0) is 6.42 Å². The molecule has 0 aliphatic heterocycles. The highest BCUT2D eigenvalue weighted by Crippen LogP contribution is 2.17. The van der Waals surface area contributed by atoms with E-state index in [2.05, 4.69) is 15.6 Å². The summed E-state index contributed by atoms with van der Waals surface area (Å²) in [5, 5.41) is 6.41. The maximum Gasteiger partial charge on any atom is 0.191 e. The fourth-order valence-electron chi connectivity index (χ4n) is 2.18. The lowest BCUT2D eigenvalue weighted by atomic mass is 10.2. The van der Waals surface area contributed by atoms with Crippen molar-refractivity contribution in [2.45, 2.75) is 25.9 Å². The Kier molecular flexibility index (Phi) is 7.14. The Balaban J connectivity index is 1.76. The van der Waals surface area contributed by atoms with Gasteiger partial charge in [-0.1, -0.05) is 19.1 Å². The average molecular weight is 333 g/mol. The quantitative estimate of drug-likeness (QED) is 0.576. The third kappa shape index (κ3) is 5.61. The van der Waals surface area contributed by atoms with Gasteiger partial charge in [0.1, 0.15) is 11.9 Å². The van der Waals surface area contributed by atoms with Gasteiger partial charge in [0.05, 0.1) is 12.8 Å². The standard InChI is InChI=1S/C18H24FN3O2/c1-3-14(24-17-9-5-4-8-16(17)19)13-22-18(20-2)21-11-10-15-7-6-12-23-15/h4-9,12,14H,3,10-11,13H2,1-2H3,(H2,20,21,22). The van der Waals surface area contributed by atoms with Gasteiger partial charge in [-0.3, -0.25) is 4.99 Å². The summed E-state index contributed by atoms with van der Waals surface area (Å²) in [5.74, 6) is 1.52.